The molecule has 1 aliphatic carbocycles. The lowest BCUT2D eigenvalue weighted by atomic mass is 9.95. The molecule has 372 valence electrons. The molecular weight excluding hydrogens is 927 g/mol. The maximum atomic E-state index is 17.4. The van der Waals surface area contributed by atoms with E-state index in [1.807, 2.05) is 6.07 Å². The molecule has 5 saturated heterocycles. The quantitative estimate of drug-likeness (QED) is 0.123. The fraction of sp³-hybridized carbons (Fsp3) is 0.453. The van der Waals surface area contributed by atoms with Crippen LogP contribution < -0.4 is 29.9 Å². The number of benzene rings is 3. The number of piperidine rings is 2. The number of aromatic hydroxyl groups is 1. The number of nitrogens with one attached hydrogen (secondary N) is 2. The van der Waals surface area contributed by atoms with Gasteiger partial charge in [0.15, 0.2) is 5.82 Å². The zero-order valence-corrected chi connectivity index (χ0v) is 39.9. The van der Waals surface area contributed by atoms with E-state index in [2.05, 4.69) is 41.1 Å². The zero-order chi connectivity index (χ0) is 49.6. The van der Waals surface area contributed by atoms with Gasteiger partial charge in [-0.2, -0.15) is 9.97 Å². The fourth-order valence-electron chi connectivity index (χ4n) is 12.1. The Kier molecular flexibility index (Phi) is 11.5. The lowest BCUT2D eigenvalue weighted by Gasteiger charge is -2.44. The van der Waals surface area contributed by atoms with Crippen molar-refractivity contribution in [1.82, 2.24) is 40.3 Å². The Morgan fingerprint density at radius 3 is 2.29 bits per heavy atom. The number of fused-ring (bicyclic) bond motifs is 5. The Morgan fingerprint density at radius 1 is 0.833 bits per heavy atom. The zero-order valence-electron chi connectivity index (χ0n) is 39.9. The first kappa shape index (κ1) is 46.1. The van der Waals surface area contributed by atoms with Crippen molar-refractivity contribution in [3.8, 4) is 41.2 Å². The van der Waals surface area contributed by atoms with Crippen LogP contribution in [0.3, 0.4) is 0 Å². The first-order valence-corrected chi connectivity index (χ1v) is 25.0. The fourth-order valence-corrected chi connectivity index (χ4v) is 12.1. The SMILES string of the molecule is C#Cc1c(F)ccc2cc(O)cc(-c3nc(OC)c4c(N5CC6CCC(C5)N6)nc(OCC5(CN6CCN(C7CCN(c8ccc9c(c8)C(=O)N(C8CCC(=O)NC8=O)C9=O)CC7)CC6)CC5)nc4c3F)c12. The molecule has 3 unspecified atom stereocenters. The van der Waals surface area contributed by atoms with E-state index in [1.165, 1.54) is 31.4 Å². The van der Waals surface area contributed by atoms with Crippen LogP contribution in [0, 0.1) is 29.4 Å². The van der Waals surface area contributed by atoms with E-state index in [-0.39, 0.29) is 86.8 Å². The average Bonchev–Trinajstić information content (AvgIpc) is 4.01. The molecule has 72 heavy (non-hydrogen) atoms. The van der Waals surface area contributed by atoms with Gasteiger partial charge in [-0.15, -0.1) is 6.42 Å². The summed E-state index contributed by atoms with van der Waals surface area (Å²) >= 11 is 0. The average molecular weight is 981 g/mol. The number of terminal acetylenes is 1. The molecule has 2 aromatic heterocycles. The van der Waals surface area contributed by atoms with Crippen LogP contribution in [0.25, 0.3) is 32.9 Å². The Labute approximate surface area is 413 Å². The maximum Gasteiger partial charge on any atom is 0.319 e. The van der Waals surface area contributed by atoms with Gasteiger partial charge in [-0.05, 0) is 86.7 Å². The van der Waals surface area contributed by atoms with Crippen molar-refractivity contribution >= 4 is 56.8 Å². The molecule has 12 rings (SSSR count). The number of anilines is 2. The molecule has 3 N–H and O–H groups in total. The molecule has 6 fully saturated rings. The summed E-state index contributed by atoms with van der Waals surface area (Å²) in [6, 6.07) is 10.7. The Balaban J connectivity index is 0.722. The molecule has 0 radical (unpaired) electrons. The van der Waals surface area contributed by atoms with Gasteiger partial charge in [0, 0.05) is 106 Å². The van der Waals surface area contributed by atoms with Gasteiger partial charge in [-0.3, -0.25) is 34.3 Å². The van der Waals surface area contributed by atoms with Crippen LogP contribution in [0.4, 0.5) is 20.3 Å². The number of phenols is 1. The summed E-state index contributed by atoms with van der Waals surface area (Å²) in [5.74, 6) is -0.745. The molecule has 3 atom stereocenters. The van der Waals surface area contributed by atoms with Crippen molar-refractivity contribution in [3.63, 3.8) is 0 Å². The highest BCUT2D eigenvalue weighted by atomic mass is 19.1. The van der Waals surface area contributed by atoms with Gasteiger partial charge in [0.25, 0.3) is 11.8 Å². The van der Waals surface area contributed by atoms with Gasteiger partial charge < -0.3 is 34.6 Å². The number of halogens is 2. The molecule has 3 aromatic carbocycles. The molecule has 8 heterocycles. The van der Waals surface area contributed by atoms with Crippen molar-refractivity contribution in [1.29, 1.82) is 0 Å². The highest BCUT2D eigenvalue weighted by molar-refractivity contribution is 6.23. The van der Waals surface area contributed by atoms with Crippen molar-refractivity contribution in [2.24, 2.45) is 5.41 Å². The number of pyridine rings is 1. The number of aromatic nitrogens is 3. The standard InChI is InChI=1S/C53H54F2N10O7/c1-3-35-39(54)9-4-29-22-34(66)24-38(42(29)35)45-44(55)46-43(49(58-45)71-2)47(64-25-30-5-6-31(26-64)56-30)60-52(59-46)72-28-53(14-15-53)27-61-18-20-63(21-19-61)32-12-16-62(17-13-32)33-7-8-36-37(23-33)51(70)65(50(36)69)40-10-11-41(67)57-48(40)68/h1,4,7-9,22-24,30-32,40,56,66H,5-6,10-21,25-28H2,2H3,(H,57,67,68). The highest BCUT2D eigenvalue weighted by Crippen LogP contribution is 2.48. The number of methoxy groups -OCH3 is 1. The van der Waals surface area contributed by atoms with Gasteiger partial charge in [-0.1, -0.05) is 12.0 Å². The predicted octanol–water partition coefficient (Wildman–Crippen LogP) is 4.61. The second kappa shape index (κ2) is 17.9. The van der Waals surface area contributed by atoms with Crippen LogP contribution in [0.2, 0.25) is 0 Å². The van der Waals surface area contributed by atoms with Gasteiger partial charge in [0.2, 0.25) is 17.7 Å². The van der Waals surface area contributed by atoms with Gasteiger partial charge >= 0.3 is 6.01 Å². The van der Waals surface area contributed by atoms with E-state index in [0.717, 1.165) is 94.9 Å². The predicted molar refractivity (Wildman–Crippen MR) is 262 cm³/mol. The van der Waals surface area contributed by atoms with E-state index >= 15 is 8.78 Å². The van der Waals surface area contributed by atoms with Gasteiger partial charge in [0.05, 0.1) is 30.4 Å². The van der Waals surface area contributed by atoms with Crippen molar-refractivity contribution in [2.45, 2.75) is 75.5 Å². The summed E-state index contributed by atoms with van der Waals surface area (Å²) < 4.78 is 44.9. The number of piperazine rings is 2. The van der Waals surface area contributed by atoms with Crippen LogP contribution in [0.1, 0.15) is 77.6 Å². The topological polar surface area (TPSA) is 186 Å². The molecule has 6 aliphatic heterocycles. The summed E-state index contributed by atoms with van der Waals surface area (Å²) in [6.07, 6.45) is 11.9. The smallest absolute Gasteiger partial charge is 0.319 e. The molecule has 2 bridgehead atoms. The van der Waals surface area contributed by atoms with Crippen LogP contribution >= 0.6 is 0 Å². The van der Waals surface area contributed by atoms with E-state index in [0.29, 0.717) is 42.3 Å². The molecular formula is C53H54F2N10O7. The van der Waals surface area contributed by atoms with E-state index < -0.39 is 41.3 Å². The molecule has 17 nitrogen and oxygen atoms in total. The van der Waals surface area contributed by atoms with E-state index in [4.69, 9.17) is 25.9 Å². The highest BCUT2D eigenvalue weighted by Gasteiger charge is 2.47. The summed E-state index contributed by atoms with van der Waals surface area (Å²) in [5, 5.41) is 17.6. The minimum Gasteiger partial charge on any atom is -0.508 e. The number of amides is 4. The summed E-state index contributed by atoms with van der Waals surface area (Å²) in [5.41, 5.74) is 1.05. The number of carbonyl (C=O) groups is 4. The third-order valence-electron chi connectivity index (χ3n) is 16.1. The minimum atomic E-state index is -0.999. The monoisotopic (exact) mass is 980 g/mol. The number of carbonyl (C=O) groups excluding carboxylic acids is 4. The normalized spacial score (nSPS) is 23.5. The van der Waals surface area contributed by atoms with Crippen LogP contribution in [0.15, 0.2) is 42.5 Å². The van der Waals surface area contributed by atoms with E-state index in [1.54, 1.807) is 12.1 Å². The Hall–Kier alpha value is -7.01. The molecule has 19 heteroatoms. The van der Waals surface area contributed by atoms with Crippen molar-refractivity contribution in [3.05, 3.63) is 70.8 Å². The minimum absolute atomic E-state index is 0.0363. The summed E-state index contributed by atoms with van der Waals surface area (Å²) in [6.45, 7) is 7.73. The summed E-state index contributed by atoms with van der Waals surface area (Å²) in [7, 11) is 1.45. The van der Waals surface area contributed by atoms with Crippen LogP contribution in [0.5, 0.6) is 17.6 Å². The number of ether oxygens (including phenoxy) is 2. The Morgan fingerprint density at radius 2 is 1.58 bits per heavy atom. The van der Waals surface area contributed by atoms with E-state index in [9.17, 15) is 24.3 Å². The van der Waals surface area contributed by atoms with Gasteiger partial charge in [0.1, 0.15) is 40.0 Å². The Bertz CT molecular complexity index is 3130. The first-order chi connectivity index (χ1) is 34.9. The number of phenolic OH excluding ortho intramolecular Hbond substituents is 1. The first-order valence-electron chi connectivity index (χ1n) is 25.0. The second-order valence-corrected chi connectivity index (χ2v) is 20.5. The number of rotatable bonds is 11. The third-order valence-corrected chi connectivity index (χ3v) is 16.1. The lowest BCUT2D eigenvalue weighted by Crippen LogP contribution is -2.54. The second-order valence-electron chi connectivity index (χ2n) is 20.5. The largest absolute Gasteiger partial charge is 0.508 e. The lowest BCUT2D eigenvalue weighted by molar-refractivity contribution is -0.136. The summed E-state index contributed by atoms with van der Waals surface area (Å²) in [4.78, 5) is 75.8. The third kappa shape index (κ3) is 8.09. The number of hydrogen-bond donors (Lipinski definition) is 3. The maximum absolute atomic E-state index is 17.4. The molecule has 4 amide bonds. The van der Waals surface area contributed by atoms with Crippen LogP contribution in [-0.4, -0.2) is 155 Å². The van der Waals surface area contributed by atoms with Crippen LogP contribution in [-0.2, 0) is 9.59 Å². The van der Waals surface area contributed by atoms with Crippen molar-refractivity contribution < 1.29 is 42.5 Å². The molecule has 1 saturated carbocycles. The number of imide groups is 2. The molecule has 7 aliphatic rings. The molecule has 5 aromatic rings. The van der Waals surface area contributed by atoms with Crippen molar-refractivity contribution in [2.75, 3.05) is 82.4 Å². The van der Waals surface area contributed by atoms with Gasteiger partial charge in [-0.25, -0.2) is 13.8 Å². The number of hydrogen-bond acceptors (Lipinski definition) is 15. The molecule has 0 spiro atoms. The number of nitrogens with zero attached hydrogens (tertiary/aromatic N) is 8.